The van der Waals surface area contributed by atoms with Crippen molar-refractivity contribution >= 4 is 11.6 Å². The summed E-state index contributed by atoms with van der Waals surface area (Å²) in [5.74, 6) is 0.344. The van der Waals surface area contributed by atoms with Crippen LogP contribution in [0.3, 0.4) is 0 Å². The molecule has 1 fully saturated rings. The van der Waals surface area contributed by atoms with Crippen LogP contribution in [0.25, 0.3) is 0 Å². The number of aromatic nitrogens is 3. The molecule has 122 valence electrons. The van der Waals surface area contributed by atoms with Crippen LogP contribution in [-0.4, -0.2) is 26.6 Å². The Morgan fingerprint density at radius 2 is 2.30 bits per heavy atom. The third kappa shape index (κ3) is 3.05. The van der Waals surface area contributed by atoms with Gasteiger partial charge in [0.25, 0.3) is 5.56 Å². The van der Waals surface area contributed by atoms with Gasteiger partial charge in [-0.15, -0.1) is 0 Å². The number of pyridine rings is 1. The fourth-order valence-corrected chi connectivity index (χ4v) is 2.85. The normalized spacial score (nSPS) is 20.6. The van der Waals surface area contributed by atoms with Gasteiger partial charge in [-0.2, -0.15) is 0 Å². The second-order valence-corrected chi connectivity index (χ2v) is 5.61. The zero-order valence-corrected chi connectivity index (χ0v) is 13.2. The first-order valence-electron chi connectivity index (χ1n) is 7.70. The van der Waals surface area contributed by atoms with Gasteiger partial charge in [-0.25, -0.2) is 4.98 Å². The van der Waals surface area contributed by atoms with Crippen molar-refractivity contribution in [2.24, 2.45) is 13.0 Å². The molecule has 0 radical (unpaired) electrons. The number of imidazole rings is 1. The van der Waals surface area contributed by atoms with Crippen LogP contribution in [0.4, 0.5) is 5.69 Å². The lowest BCUT2D eigenvalue weighted by atomic mass is 9.99. The van der Waals surface area contributed by atoms with Crippen molar-refractivity contribution in [2.45, 2.75) is 26.0 Å². The van der Waals surface area contributed by atoms with E-state index in [4.69, 9.17) is 4.74 Å². The van der Waals surface area contributed by atoms with Crippen LogP contribution in [-0.2, 0) is 23.1 Å². The number of anilines is 1. The van der Waals surface area contributed by atoms with Gasteiger partial charge in [0, 0.05) is 44.9 Å². The first-order valence-corrected chi connectivity index (χ1v) is 7.70. The largest absolute Gasteiger partial charge is 0.369 e. The second kappa shape index (κ2) is 6.37. The summed E-state index contributed by atoms with van der Waals surface area (Å²) in [6.45, 7) is 2.98. The van der Waals surface area contributed by atoms with Gasteiger partial charge in [0.2, 0.25) is 5.91 Å². The van der Waals surface area contributed by atoms with E-state index in [1.54, 1.807) is 23.0 Å². The van der Waals surface area contributed by atoms with Crippen LogP contribution in [0, 0.1) is 5.92 Å². The summed E-state index contributed by atoms with van der Waals surface area (Å²) in [6.07, 6.45) is 5.50. The molecule has 0 spiro atoms. The Hall–Kier alpha value is -2.41. The van der Waals surface area contributed by atoms with E-state index in [2.05, 4.69) is 10.3 Å². The lowest BCUT2D eigenvalue weighted by Gasteiger charge is -2.18. The SMILES string of the molecule is CCn1cc(NC(=O)[C@@H]2CCO[C@H]2c2nccn2C)ccc1=O. The summed E-state index contributed by atoms with van der Waals surface area (Å²) in [5, 5.41) is 2.88. The Balaban J connectivity index is 1.77. The molecule has 3 heterocycles. The first-order chi connectivity index (χ1) is 11.1. The van der Waals surface area contributed by atoms with Gasteiger partial charge in [0.05, 0.1) is 11.6 Å². The molecule has 0 saturated carbocycles. The number of aryl methyl sites for hydroxylation is 2. The minimum atomic E-state index is -0.341. The molecule has 0 aliphatic carbocycles. The predicted molar refractivity (Wildman–Crippen MR) is 85.0 cm³/mol. The molecular weight excluding hydrogens is 296 g/mol. The molecular formula is C16H20N4O3. The quantitative estimate of drug-likeness (QED) is 0.923. The fraction of sp³-hybridized carbons (Fsp3) is 0.438. The van der Waals surface area contributed by atoms with Crippen LogP contribution in [0.1, 0.15) is 25.3 Å². The van der Waals surface area contributed by atoms with Gasteiger partial charge in [-0.3, -0.25) is 9.59 Å². The highest BCUT2D eigenvalue weighted by molar-refractivity contribution is 5.93. The van der Waals surface area contributed by atoms with Gasteiger partial charge in [0.1, 0.15) is 11.9 Å². The molecule has 0 aromatic carbocycles. The Labute approximate surface area is 133 Å². The van der Waals surface area contributed by atoms with Gasteiger partial charge in [-0.05, 0) is 19.4 Å². The smallest absolute Gasteiger partial charge is 0.250 e. The van der Waals surface area contributed by atoms with Crippen molar-refractivity contribution in [1.29, 1.82) is 0 Å². The van der Waals surface area contributed by atoms with E-state index in [0.717, 1.165) is 5.82 Å². The van der Waals surface area contributed by atoms with Crippen LogP contribution >= 0.6 is 0 Å². The van der Waals surface area contributed by atoms with E-state index in [0.29, 0.717) is 25.3 Å². The molecule has 0 bridgehead atoms. The molecule has 1 aliphatic rings. The molecule has 7 nitrogen and oxygen atoms in total. The van der Waals surface area contributed by atoms with Crippen molar-refractivity contribution in [3.8, 4) is 0 Å². The summed E-state index contributed by atoms with van der Waals surface area (Å²) in [6, 6.07) is 3.08. The van der Waals surface area contributed by atoms with E-state index in [1.807, 2.05) is 24.7 Å². The number of carbonyl (C=O) groups is 1. The second-order valence-electron chi connectivity index (χ2n) is 5.61. The number of hydrogen-bond donors (Lipinski definition) is 1. The van der Waals surface area contributed by atoms with Gasteiger partial charge < -0.3 is 19.2 Å². The third-order valence-electron chi connectivity index (χ3n) is 4.13. The van der Waals surface area contributed by atoms with E-state index in [-0.39, 0.29) is 23.5 Å². The number of ether oxygens (including phenoxy) is 1. The number of hydrogen-bond acceptors (Lipinski definition) is 4. The number of nitrogens with zero attached hydrogens (tertiary/aromatic N) is 3. The molecule has 2 atom stereocenters. The van der Waals surface area contributed by atoms with Crippen molar-refractivity contribution in [3.63, 3.8) is 0 Å². The Kier molecular flexibility index (Phi) is 4.29. The predicted octanol–water partition coefficient (Wildman–Crippen LogP) is 1.32. The lowest BCUT2D eigenvalue weighted by Crippen LogP contribution is -2.27. The number of nitrogens with one attached hydrogen (secondary N) is 1. The minimum Gasteiger partial charge on any atom is -0.369 e. The maximum atomic E-state index is 12.6. The van der Waals surface area contributed by atoms with Crippen molar-refractivity contribution in [3.05, 3.63) is 46.9 Å². The monoisotopic (exact) mass is 316 g/mol. The van der Waals surface area contributed by atoms with Gasteiger partial charge in [0.15, 0.2) is 0 Å². The van der Waals surface area contributed by atoms with Crippen LogP contribution in [0.15, 0.2) is 35.5 Å². The van der Waals surface area contributed by atoms with Crippen molar-refractivity contribution < 1.29 is 9.53 Å². The van der Waals surface area contributed by atoms with Crippen molar-refractivity contribution in [1.82, 2.24) is 14.1 Å². The number of amides is 1. The molecule has 1 aliphatic heterocycles. The Bertz CT molecular complexity index is 765. The highest BCUT2D eigenvalue weighted by atomic mass is 16.5. The highest BCUT2D eigenvalue weighted by Crippen LogP contribution is 2.34. The summed E-state index contributed by atoms with van der Waals surface area (Å²) in [4.78, 5) is 28.5. The highest BCUT2D eigenvalue weighted by Gasteiger charge is 2.37. The van der Waals surface area contributed by atoms with Crippen LogP contribution < -0.4 is 10.9 Å². The van der Waals surface area contributed by atoms with E-state index in [1.165, 1.54) is 6.07 Å². The average Bonchev–Trinajstić information content (AvgIpc) is 3.17. The van der Waals surface area contributed by atoms with Crippen molar-refractivity contribution in [2.75, 3.05) is 11.9 Å². The molecule has 7 heteroatoms. The average molecular weight is 316 g/mol. The summed E-state index contributed by atoms with van der Waals surface area (Å²) in [5.41, 5.74) is 0.530. The molecule has 1 N–H and O–H groups in total. The molecule has 3 rings (SSSR count). The van der Waals surface area contributed by atoms with E-state index >= 15 is 0 Å². The zero-order chi connectivity index (χ0) is 16.4. The third-order valence-corrected chi connectivity index (χ3v) is 4.13. The topological polar surface area (TPSA) is 78.2 Å². The Morgan fingerprint density at radius 3 is 3.00 bits per heavy atom. The number of rotatable bonds is 4. The molecule has 1 saturated heterocycles. The molecule has 2 aromatic heterocycles. The fourth-order valence-electron chi connectivity index (χ4n) is 2.85. The van der Waals surface area contributed by atoms with E-state index < -0.39 is 0 Å². The minimum absolute atomic E-state index is 0.0828. The maximum absolute atomic E-state index is 12.6. The molecule has 23 heavy (non-hydrogen) atoms. The van der Waals surface area contributed by atoms with Gasteiger partial charge in [-0.1, -0.05) is 0 Å². The molecule has 0 unspecified atom stereocenters. The Morgan fingerprint density at radius 1 is 1.48 bits per heavy atom. The summed E-state index contributed by atoms with van der Waals surface area (Å²) in [7, 11) is 1.89. The zero-order valence-electron chi connectivity index (χ0n) is 13.2. The molecule has 1 amide bonds. The van der Waals surface area contributed by atoms with Gasteiger partial charge >= 0.3 is 0 Å². The van der Waals surface area contributed by atoms with Crippen LogP contribution in [0.2, 0.25) is 0 Å². The number of carbonyl (C=O) groups excluding carboxylic acids is 1. The summed E-state index contributed by atoms with van der Waals surface area (Å²) >= 11 is 0. The lowest BCUT2D eigenvalue weighted by molar-refractivity contribution is -0.121. The maximum Gasteiger partial charge on any atom is 0.250 e. The van der Waals surface area contributed by atoms with E-state index in [9.17, 15) is 9.59 Å². The van der Waals surface area contributed by atoms with Crippen LogP contribution in [0.5, 0.6) is 0 Å². The standard InChI is InChI=1S/C16H20N4O3/c1-3-20-10-11(4-5-13(20)21)18-16(22)12-6-9-23-14(12)15-17-7-8-19(15)2/h4-5,7-8,10,12,14H,3,6,9H2,1-2H3,(H,18,22)/t12-,14-/m1/s1. The first kappa shape index (κ1) is 15.5. The molecule has 2 aromatic rings. The summed E-state index contributed by atoms with van der Waals surface area (Å²) < 4.78 is 9.14.